The van der Waals surface area contributed by atoms with Gasteiger partial charge in [0.2, 0.25) is 0 Å². The molecule has 0 aliphatic rings. The van der Waals surface area contributed by atoms with E-state index in [1.54, 1.807) is 6.20 Å². The van der Waals surface area contributed by atoms with Gasteiger partial charge in [-0.1, -0.05) is 43.3 Å². The van der Waals surface area contributed by atoms with E-state index in [4.69, 9.17) is 0 Å². The number of hydrogen-bond acceptors (Lipinski definition) is 2. The molecule has 2 rings (SSSR count). The van der Waals surface area contributed by atoms with Gasteiger partial charge in [0.05, 0.1) is 0 Å². The number of aldehydes is 1. The van der Waals surface area contributed by atoms with E-state index in [0.717, 1.165) is 18.3 Å². The van der Waals surface area contributed by atoms with Gasteiger partial charge in [-0.05, 0) is 29.5 Å². The van der Waals surface area contributed by atoms with Crippen molar-refractivity contribution in [3.63, 3.8) is 0 Å². The summed E-state index contributed by atoms with van der Waals surface area (Å²) in [7, 11) is 0. The maximum Gasteiger partial charge on any atom is 0.168 e. The zero-order valence-corrected chi connectivity index (χ0v) is 9.84. The summed E-state index contributed by atoms with van der Waals surface area (Å²) in [5.41, 5.74) is 2.85. The average molecular weight is 225 g/mol. The molecule has 1 heterocycles. The summed E-state index contributed by atoms with van der Waals surface area (Å²) in [6.07, 6.45) is 3.32. The molecule has 1 aromatic carbocycles. The molecule has 2 nitrogen and oxygen atoms in total. The minimum absolute atomic E-state index is 0.388. The van der Waals surface area contributed by atoms with Gasteiger partial charge in [0, 0.05) is 6.20 Å². The normalized spacial score (nSPS) is 12.1. The van der Waals surface area contributed by atoms with Crippen molar-refractivity contribution in [3.8, 4) is 0 Å². The minimum Gasteiger partial charge on any atom is -0.296 e. The molecular weight excluding hydrogens is 210 g/mol. The number of rotatable bonds is 4. The smallest absolute Gasteiger partial charge is 0.168 e. The molecule has 0 bridgehead atoms. The van der Waals surface area contributed by atoms with Crippen molar-refractivity contribution in [1.29, 1.82) is 0 Å². The third-order valence-corrected chi connectivity index (χ3v) is 2.93. The highest BCUT2D eigenvalue weighted by Gasteiger charge is 2.09. The molecule has 1 atom stereocenters. The number of benzene rings is 1. The van der Waals surface area contributed by atoms with Crippen molar-refractivity contribution in [2.75, 3.05) is 0 Å². The largest absolute Gasteiger partial charge is 0.296 e. The first-order chi connectivity index (χ1) is 8.31. The Morgan fingerprint density at radius 2 is 1.94 bits per heavy atom. The van der Waals surface area contributed by atoms with E-state index < -0.39 is 0 Å². The number of carbonyl (C=O) groups excluding carboxylic acids is 1. The van der Waals surface area contributed by atoms with Gasteiger partial charge in [-0.15, -0.1) is 0 Å². The van der Waals surface area contributed by atoms with Gasteiger partial charge in [-0.3, -0.25) is 9.78 Å². The lowest BCUT2D eigenvalue weighted by molar-refractivity contribution is 0.111. The van der Waals surface area contributed by atoms with E-state index in [1.165, 1.54) is 5.56 Å². The Hall–Kier alpha value is -1.96. The van der Waals surface area contributed by atoms with Crippen molar-refractivity contribution >= 4 is 6.29 Å². The summed E-state index contributed by atoms with van der Waals surface area (Å²) in [5, 5.41) is 0. The number of hydrogen-bond donors (Lipinski definition) is 0. The summed E-state index contributed by atoms with van der Waals surface area (Å²) in [4.78, 5) is 15.0. The first-order valence-electron chi connectivity index (χ1n) is 5.75. The fourth-order valence-electron chi connectivity index (χ4n) is 1.96. The van der Waals surface area contributed by atoms with Gasteiger partial charge >= 0.3 is 0 Å². The third-order valence-electron chi connectivity index (χ3n) is 2.93. The Labute approximate surface area is 101 Å². The zero-order valence-electron chi connectivity index (χ0n) is 9.84. The van der Waals surface area contributed by atoms with Crippen LogP contribution in [0, 0.1) is 0 Å². The van der Waals surface area contributed by atoms with Gasteiger partial charge in [-0.25, -0.2) is 0 Å². The number of aromatic nitrogens is 1. The molecule has 17 heavy (non-hydrogen) atoms. The van der Waals surface area contributed by atoms with Crippen LogP contribution in [0.5, 0.6) is 0 Å². The molecule has 1 unspecified atom stereocenters. The van der Waals surface area contributed by atoms with E-state index >= 15 is 0 Å². The summed E-state index contributed by atoms with van der Waals surface area (Å²) < 4.78 is 0. The Bertz CT molecular complexity index is 493. The zero-order chi connectivity index (χ0) is 12.1. The van der Waals surface area contributed by atoms with Crippen molar-refractivity contribution in [2.45, 2.75) is 19.3 Å². The van der Waals surface area contributed by atoms with Crippen LogP contribution in [0.25, 0.3) is 0 Å². The predicted octanol–water partition coefficient (Wildman–Crippen LogP) is 3.24. The van der Waals surface area contributed by atoms with Crippen molar-refractivity contribution in [3.05, 3.63) is 65.5 Å². The molecule has 86 valence electrons. The highest BCUT2D eigenvalue weighted by molar-refractivity contribution is 5.74. The number of pyridine rings is 1. The second-order valence-electron chi connectivity index (χ2n) is 4.18. The van der Waals surface area contributed by atoms with Crippen LogP contribution < -0.4 is 0 Å². The van der Waals surface area contributed by atoms with E-state index in [9.17, 15) is 4.79 Å². The lowest BCUT2D eigenvalue weighted by Gasteiger charge is -2.12. The maximum absolute atomic E-state index is 10.9. The molecule has 0 saturated carbocycles. The molecule has 0 aliphatic carbocycles. The van der Waals surface area contributed by atoms with Crippen molar-refractivity contribution in [2.24, 2.45) is 0 Å². The molecular formula is C15H15NO. The monoisotopic (exact) mass is 225 g/mol. The second kappa shape index (κ2) is 5.39. The summed E-state index contributed by atoms with van der Waals surface area (Å²) in [5.74, 6) is 0.388. The average Bonchev–Trinajstić information content (AvgIpc) is 2.40. The third kappa shape index (κ3) is 2.78. The van der Waals surface area contributed by atoms with Crippen LogP contribution in [0.1, 0.15) is 34.5 Å². The molecule has 0 aliphatic heterocycles. The SMILES string of the molecule is CC(Cc1cccnc1C=O)c1ccccc1. The minimum atomic E-state index is 0.388. The first kappa shape index (κ1) is 11.5. The lowest BCUT2D eigenvalue weighted by atomic mass is 9.93. The Morgan fingerprint density at radius 3 is 2.65 bits per heavy atom. The van der Waals surface area contributed by atoms with E-state index in [-0.39, 0.29) is 0 Å². The van der Waals surface area contributed by atoms with Crippen LogP contribution in [-0.4, -0.2) is 11.3 Å². The number of carbonyl (C=O) groups is 1. The molecule has 0 radical (unpaired) electrons. The predicted molar refractivity (Wildman–Crippen MR) is 68.2 cm³/mol. The van der Waals surface area contributed by atoms with Crippen molar-refractivity contribution in [1.82, 2.24) is 4.98 Å². The number of nitrogens with zero attached hydrogens (tertiary/aromatic N) is 1. The quantitative estimate of drug-likeness (QED) is 0.748. The van der Waals surface area contributed by atoms with Crippen LogP contribution in [-0.2, 0) is 6.42 Å². The second-order valence-corrected chi connectivity index (χ2v) is 4.18. The molecule has 0 fully saturated rings. The molecule has 0 saturated heterocycles. The molecule has 2 heteroatoms. The highest BCUT2D eigenvalue weighted by atomic mass is 16.1. The van der Waals surface area contributed by atoms with Gasteiger partial charge < -0.3 is 0 Å². The maximum atomic E-state index is 10.9. The Kier molecular flexibility index (Phi) is 3.66. The fourth-order valence-corrected chi connectivity index (χ4v) is 1.96. The lowest BCUT2D eigenvalue weighted by Crippen LogP contribution is -2.02. The molecule has 0 spiro atoms. The highest BCUT2D eigenvalue weighted by Crippen LogP contribution is 2.20. The van der Waals surface area contributed by atoms with Gasteiger partial charge in [0.1, 0.15) is 5.69 Å². The van der Waals surface area contributed by atoms with E-state index in [2.05, 4.69) is 24.0 Å². The fraction of sp³-hybridized carbons (Fsp3) is 0.200. The standard InChI is InChI=1S/C15H15NO/c1-12(13-6-3-2-4-7-13)10-14-8-5-9-16-15(14)11-17/h2-9,11-12H,10H2,1H3. The molecule has 0 amide bonds. The topological polar surface area (TPSA) is 30.0 Å². The Morgan fingerprint density at radius 1 is 1.18 bits per heavy atom. The van der Waals surface area contributed by atoms with Crippen LogP contribution in [0.2, 0.25) is 0 Å². The van der Waals surface area contributed by atoms with Crippen LogP contribution in [0.3, 0.4) is 0 Å². The first-order valence-corrected chi connectivity index (χ1v) is 5.75. The summed E-state index contributed by atoms with van der Waals surface area (Å²) >= 11 is 0. The summed E-state index contributed by atoms with van der Waals surface area (Å²) in [6, 6.07) is 14.2. The van der Waals surface area contributed by atoms with E-state index in [0.29, 0.717) is 11.6 Å². The van der Waals surface area contributed by atoms with E-state index in [1.807, 2.05) is 30.3 Å². The molecule has 1 aromatic heterocycles. The van der Waals surface area contributed by atoms with Crippen LogP contribution in [0.4, 0.5) is 0 Å². The Balaban J connectivity index is 2.18. The van der Waals surface area contributed by atoms with Crippen LogP contribution in [0.15, 0.2) is 48.7 Å². The summed E-state index contributed by atoms with van der Waals surface area (Å²) in [6.45, 7) is 2.16. The van der Waals surface area contributed by atoms with Gasteiger partial charge in [0.25, 0.3) is 0 Å². The van der Waals surface area contributed by atoms with Gasteiger partial charge in [-0.2, -0.15) is 0 Å². The molecule has 2 aromatic rings. The van der Waals surface area contributed by atoms with Crippen LogP contribution >= 0.6 is 0 Å². The van der Waals surface area contributed by atoms with Gasteiger partial charge in [0.15, 0.2) is 6.29 Å². The molecule has 0 N–H and O–H groups in total. The van der Waals surface area contributed by atoms with Crippen molar-refractivity contribution < 1.29 is 4.79 Å².